The molecule has 4 nitrogen and oxygen atoms in total. The summed E-state index contributed by atoms with van der Waals surface area (Å²) in [5.41, 5.74) is 0.783. The third-order valence-corrected chi connectivity index (χ3v) is 3.85. The molecule has 0 bridgehead atoms. The molecule has 0 fully saturated rings. The van der Waals surface area contributed by atoms with E-state index in [-0.39, 0.29) is 21.7 Å². The van der Waals surface area contributed by atoms with E-state index in [1.54, 1.807) is 19.2 Å². The largest absolute Gasteiger partial charge is 0.352 e. The van der Waals surface area contributed by atoms with Crippen LogP contribution in [0.3, 0.4) is 0 Å². The highest BCUT2D eigenvalue weighted by Gasteiger charge is 2.12. The molecule has 1 aromatic heterocycles. The lowest BCUT2D eigenvalue weighted by Gasteiger charge is -2.11. The number of aromatic nitrogens is 2. The molecule has 0 saturated heterocycles. The van der Waals surface area contributed by atoms with Gasteiger partial charge in [0.15, 0.2) is 0 Å². The van der Waals surface area contributed by atoms with Gasteiger partial charge in [0.2, 0.25) is 0 Å². The lowest BCUT2D eigenvalue weighted by Crippen LogP contribution is -2.17. The summed E-state index contributed by atoms with van der Waals surface area (Å²) in [6, 6.07) is 7.42. The number of anilines is 2. The molecule has 3 aromatic rings. The number of nitrogens with zero attached hydrogens (tertiary/aromatic N) is 2. The molecule has 1 N–H and O–H groups in total. The molecule has 3 rings (SSSR count). The number of nitrogens with one attached hydrogen (secondary N) is 1. The van der Waals surface area contributed by atoms with Gasteiger partial charge in [-0.2, -0.15) is 0 Å². The van der Waals surface area contributed by atoms with E-state index in [1.165, 1.54) is 29.1 Å². The maximum atomic E-state index is 13.8. The molecular weight excluding hydrogens is 328 g/mol. The Morgan fingerprint density at radius 1 is 1.18 bits per heavy atom. The molecule has 0 spiro atoms. The lowest BCUT2D eigenvalue weighted by atomic mass is 10.2. The van der Waals surface area contributed by atoms with Crippen LogP contribution < -0.4 is 10.9 Å². The van der Waals surface area contributed by atoms with Crippen molar-refractivity contribution in [3.8, 4) is 0 Å². The Morgan fingerprint density at radius 3 is 2.73 bits per heavy atom. The molecular formula is C15H10Cl2FN3O. The van der Waals surface area contributed by atoms with E-state index in [0.717, 1.165) is 0 Å². The zero-order chi connectivity index (χ0) is 15.9. The predicted molar refractivity (Wildman–Crippen MR) is 86.7 cm³/mol. The first-order chi connectivity index (χ1) is 10.5. The molecule has 0 amide bonds. The first-order valence-corrected chi connectivity index (χ1v) is 7.09. The summed E-state index contributed by atoms with van der Waals surface area (Å²) in [5.74, 6) is -0.473. The number of halogens is 3. The Morgan fingerprint density at radius 2 is 1.95 bits per heavy atom. The fourth-order valence-electron chi connectivity index (χ4n) is 2.09. The molecule has 7 heteroatoms. The minimum Gasteiger partial charge on any atom is -0.352 e. The standard InChI is InChI=1S/C15H10Cl2FN3O/c1-21-7-19-10-4-5-11(14(17)13(10)15(21)22)20-12-6-8(16)2-3-9(12)18/h2-7,20H,1H3. The normalized spacial score (nSPS) is 10.9. The first kappa shape index (κ1) is 14.8. The zero-order valence-corrected chi connectivity index (χ0v) is 12.9. The smallest absolute Gasteiger partial charge is 0.262 e. The fraction of sp³-hybridized carbons (Fsp3) is 0.0667. The van der Waals surface area contributed by atoms with Crippen LogP contribution in [0.25, 0.3) is 10.9 Å². The average Bonchev–Trinajstić information content (AvgIpc) is 2.49. The number of rotatable bonds is 2. The van der Waals surface area contributed by atoms with Crippen molar-refractivity contribution in [1.29, 1.82) is 0 Å². The van der Waals surface area contributed by atoms with E-state index < -0.39 is 5.82 Å². The lowest BCUT2D eigenvalue weighted by molar-refractivity contribution is 0.632. The van der Waals surface area contributed by atoms with E-state index in [2.05, 4.69) is 10.3 Å². The third-order valence-electron chi connectivity index (χ3n) is 3.22. The van der Waals surface area contributed by atoms with Gasteiger partial charge in [0, 0.05) is 12.1 Å². The fourth-order valence-corrected chi connectivity index (χ4v) is 2.55. The van der Waals surface area contributed by atoms with Gasteiger partial charge >= 0.3 is 0 Å². The van der Waals surface area contributed by atoms with E-state index in [1.807, 2.05) is 0 Å². The average molecular weight is 338 g/mol. The van der Waals surface area contributed by atoms with E-state index in [4.69, 9.17) is 23.2 Å². The predicted octanol–water partition coefficient (Wildman–Crippen LogP) is 4.12. The highest BCUT2D eigenvalue weighted by atomic mass is 35.5. The van der Waals surface area contributed by atoms with Crippen LogP contribution >= 0.6 is 23.2 Å². The highest BCUT2D eigenvalue weighted by Crippen LogP contribution is 2.32. The Bertz CT molecular complexity index is 940. The van der Waals surface area contributed by atoms with Gasteiger partial charge in [-0.05, 0) is 30.3 Å². The number of hydrogen-bond donors (Lipinski definition) is 1. The van der Waals surface area contributed by atoms with Crippen molar-refractivity contribution in [1.82, 2.24) is 9.55 Å². The van der Waals surface area contributed by atoms with Gasteiger partial charge in [0.05, 0.1) is 33.6 Å². The van der Waals surface area contributed by atoms with Crippen LogP contribution in [0.2, 0.25) is 10.0 Å². The highest BCUT2D eigenvalue weighted by molar-refractivity contribution is 6.38. The van der Waals surface area contributed by atoms with Gasteiger partial charge in [-0.15, -0.1) is 0 Å². The Kier molecular flexibility index (Phi) is 3.76. The summed E-state index contributed by atoms with van der Waals surface area (Å²) in [6.45, 7) is 0. The molecule has 0 aliphatic rings. The minimum atomic E-state index is -0.473. The van der Waals surface area contributed by atoms with Gasteiger partial charge in [0.1, 0.15) is 5.82 Å². The molecule has 112 valence electrons. The molecule has 0 aliphatic carbocycles. The summed E-state index contributed by atoms with van der Waals surface area (Å²) in [6.07, 6.45) is 1.42. The summed E-state index contributed by atoms with van der Waals surface area (Å²) in [4.78, 5) is 16.3. The van der Waals surface area contributed by atoms with Crippen molar-refractivity contribution in [3.63, 3.8) is 0 Å². The number of fused-ring (bicyclic) bond motifs is 1. The Labute approximate surface area is 135 Å². The number of hydrogen-bond acceptors (Lipinski definition) is 3. The van der Waals surface area contributed by atoms with Crippen LogP contribution in [0.15, 0.2) is 41.5 Å². The second-order valence-electron chi connectivity index (χ2n) is 4.73. The maximum Gasteiger partial charge on any atom is 0.262 e. The quantitative estimate of drug-likeness (QED) is 0.764. The number of benzene rings is 2. The molecule has 0 radical (unpaired) electrons. The van der Waals surface area contributed by atoms with Crippen molar-refractivity contribution in [2.24, 2.45) is 7.05 Å². The number of aryl methyl sites for hydroxylation is 1. The van der Waals surface area contributed by atoms with Gasteiger partial charge in [-0.25, -0.2) is 9.37 Å². The van der Waals surface area contributed by atoms with Crippen molar-refractivity contribution in [2.45, 2.75) is 0 Å². The van der Waals surface area contributed by atoms with E-state index >= 15 is 0 Å². The Hall–Kier alpha value is -2.11. The molecule has 22 heavy (non-hydrogen) atoms. The van der Waals surface area contributed by atoms with E-state index in [9.17, 15) is 9.18 Å². The Balaban J connectivity index is 2.16. The topological polar surface area (TPSA) is 46.9 Å². The van der Waals surface area contributed by atoms with Crippen LogP contribution in [0.4, 0.5) is 15.8 Å². The second-order valence-corrected chi connectivity index (χ2v) is 5.55. The summed E-state index contributed by atoms with van der Waals surface area (Å²) in [5, 5.41) is 3.70. The van der Waals surface area contributed by atoms with E-state index in [0.29, 0.717) is 16.2 Å². The first-order valence-electron chi connectivity index (χ1n) is 6.33. The summed E-state index contributed by atoms with van der Waals surface area (Å²) in [7, 11) is 1.59. The third kappa shape index (κ3) is 2.53. The van der Waals surface area contributed by atoms with Crippen LogP contribution in [-0.4, -0.2) is 9.55 Å². The van der Waals surface area contributed by atoms with Crippen LogP contribution in [0, 0.1) is 5.82 Å². The molecule has 0 unspecified atom stereocenters. The van der Waals surface area contributed by atoms with Crippen LogP contribution in [0.5, 0.6) is 0 Å². The summed E-state index contributed by atoms with van der Waals surface area (Å²) >= 11 is 12.2. The van der Waals surface area contributed by atoms with Gasteiger partial charge in [0.25, 0.3) is 5.56 Å². The second kappa shape index (κ2) is 5.59. The van der Waals surface area contributed by atoms with Crippen LogP contribution in [0.1, 0.15) is 0 Å². The van der Waals surface area contributed by atoms with Crippen molar-refractivity contribution in [3.05, 3.63) is 62.9 Å². The monoisotopic (exact) mass is 337 g/mol. The van der Waals surface area contributed by atoms with Gasteiger partial charge in [-0.3, -0.25) is 4.79 Å². The molecule has 0 aliphatic heterocycles. The van der Waals surface area contributed by atoms with Crippen molar-refractivity contribution in [2.75, 3.05) is 5.32 Å². The summed E-state index contributed by atoms with van der Waals surface area (Å²) < 4.78 is 15.1. The molecule has 0 atom stereocenters. The molecule has 2 aromatic carbocycles. The minimum absolute atomic E-state index is 0.175. The van der Waals surface area contributed by atoms with Crippen molar-refractivity contribution < 1.29 is 4.39 Å². The maximum absolute atomic E-state index is 13.8. The molecule has 1 heterocycles. The van der Waals surface area contributed by atoms with Crippen LogP contribution in [-0.2, 0) is 7.05 Å². The van der Waals surface area contributed by atoms with Gasteiger partial charge in [-0.1, -0.05) is 23.2 Å². The SMILES string of the molecule is Cn1cnc2ccc(Nc3cc(Cl)ccc3F)c(Cl)c2c1=O. The van der Waals surface area contributed by atoms with Crippen molar-refractivity contribution >= 4 is 45.5 Å². The molecule has 0 saturated carbocycles. The van der Waals surface area contributed by atoms with Gasteiger partial charge < -0.3 is 9.88 Å². The zero-order valence-electron chi connectivity index (χ0n) is 11.4.